The number of anilines is 2. The maximum atomic E-state index is 11.3. The van der Waals surface area contributed by atoms with Crippen LogP contribution in [-0.4, -0.2) is 17.0 Å². The minimum absolute atomic E-state index is 0.0356. The van der Waals surface area contributed by atoms with Crippen molar-refractivity contribution in [3.63, 3.8) is 0 Å². The lowest BCUT2D eigenvalue weighted by Gasteiger charge is -2.03. The Bertz CT molecular complexity index is 454. The van der Waals surface area contributed by atoms with Crippen LogP contribution in [0.2, 0.25) is 0 Å². The molecule has 0 bridgehead atoms. The lowest BCUT2D eigenvalue weighted by Crippen LogP contribution is -2.16. The molecule has 1 aromatic rings. The van der Waals surface area contributed by atoms with E-state index in [-0.39, 0.29) is 17.1 Å². The van der Waals surface area contributed by atoms with E-state index in [0.29, 0.717) is 5.82 Å². The lowest BCUT2D eigenvalue weighted by atomic mass is 10.3. The number of allylic oxidation sites excluding steroid dienone is 1. The van der Waals surface area contributed by atoms with Gasteiger partial charge in [-0.1, -0.05) is 0 Å². The fraction of sp³-hybridized carbons (Fsp3) is 0.125. The molecule has 0 unspecified atom stereocenters. The Morgan fingerprint density at radius 1 is 1.71 bits per heavy atom. The van der Waals surface area contributed by atoms with E-state index in [9.17, 15) is 4.79 Å². The van der Waals surface area contributed by atoms with Crippen LogP contribution in [0, 0.1) is 11.3 Å². The molecule has 0 aliphatic rings. The van der Waals surface area contributed by atoms with E-state index in [1.165, 1.54) is 12.2 Å². The van der Waals surface area contributed by atoms with Crippen LogP contribution in [-0.2, 0) is 0 Å². The molecular formula is C8H9N5O. The summed E-state index contributed by atoms with van der Waals surface area (Å²) in [4.78, 5) is 17.5. The zero-order valence-electron chi connectivity index (χ0n) is 7.53. The molecular weight excluding hydrogens is 182 g/mol. The number of hydrogen-bond donors (Lipinski definition) is 3. The van der Waals surface area contributed by atoms with Gasteiger partial charge in [-0.25, -0.2) is 0 Å². The van der Waals surface area contributed by atoms with Crippen LogP contribution in [0.1, 0.15) is 5.56 Å². The van der Waals surface area contributed by atoms with Gasteiger partial charge >= 0.3 is 0 Å². The lowest BCUT2D eigenvalue weighted by molar-refractivity contribution is 1.12. The minimum Gasteiger partial charge on any atom is -0.372 e. The molecule has 1 rings (SSSR count). The van der Waals surface area contributed by atoms with Crippen LogP contribution in [0.5, 0.6) is 0 Å². The van der Waals surface area contributed by atoms with Crippen molar-refractivity contribution >= 4 is 17.8 Å². The largest absolute Gasteiger partial charge is 0.372 e. The summed E-state index contributed by atoms with van der Waals surface area (Å²) in [5, 5.41) is 11.0. The Hall–Kier alpha value is -2.29. The smallest absolute Gasteiger partial charge is 0.261 e. The third-order valence-corrected chi connectivity index (χ3v) is 1.53. The highest BCUT2D eigenvalue weighted by atomic mass is 16.1. The SMILES string of the molecule is CNc1nc(N)[nH]c(=O)c1/C=C/C#N. The second-order valence-electron chi connectivity index (χ2n) is 2.43. The Morgan fingerprint density at radius 3 is 3.00 bits per heavy atom. The standard InChI is InChI=1S/C8H9N5O/c1-11-6-5(3-2-4-9)7(14)13-8(10)12-6/h2-3H,1H3,(H4,10,11,12,13,14)/b3-2+. The van der Waals surface area contributed by atoms with Crippen molar-refractivity contribution in [1.29, 1.82) is 5.26 Å². The number of aromatic amines is 1. The van der Waals surface area contributed by atoms with Crippen molar-refractivity contribution < 1.29 is 0 Å². The van der Waals surface area contributed by atoms with Gasteiger partial charge in [0.1, 0.15) is 5.82 Å². The van der Waals surface area contributed by atoms with Gasteiger partial charge in [0.05, 0.1) is 11.6 Å². The number of nitrogen functional groups attached to an aromatic ring is 1. The second kappa shape index (κ2) is 4.09. The molecule has 0 saturated carbocycles. The second-order valence-corrected chi connectivity index (χ2v) is 2.43. The van der Waals surface area contributed by atoms with Crippen LogP contribution in [0.15, 0.2) is 10.9 Å². The maximum absolute atomic E-state index is 11.3. The Morgan fingerprint density at radius 2 is 2.43 bits per heavy atom. The number of aromatic nitrogens is 2. The highest BCUT2D eigenvalue weighted by molar-refractivity contribution is 5.64. The van der Waals surface area contributed by atoms with Crippen molar-refractivity contribution in [2.45, 2.75) is 0 Å². The molecule has 0 aromatic carbocycles. The van der Waals surface area contributed by atoms with Gasteiger partial charge in [-0.05, 0) is 6.08 Å². The van der Waals surface area contributed by atoms with Gasteiger partial charge in [-0.3, -0.25) is 9.78 Å². The number of nitrogens with zero attached hydrogens (tertiary/aromatic N) is 2. The number of rotatable bonds is 2. The van der Waals surface area contributed by atoms with Crippen molar-refractivity contribution in [3.05, 3.63) is 22.0 Å². The molecule has 6 nitrogen and oxygen atoms in total. The highest BCUT2D eigenvalue weighted by Crippen LogP contribution is 2.08. The summed E-state index contributed by atoms with van der Waals surface area (Å²) in [5.74, 6) is 0.381. The van der Waals surface area contributed by atoms with Crippen molar-refractivity contribution in [1.82, 2.24) is 9.97 Å². The molecule has 72 valence electrons. The fourth-order valence-corrected chi connectivity index (χ4v) is 0.966. The molecule has 0 atom stereocenters. The first-order valence-electron chi connectivity index (χ1n) is 3.82. The van der Waals surface area contributed by atoms with Gasteiger partial charge in [0.2, 0.25) is 5.95 Å². The number of H-pyrrole nitrogens is 1. The number of nitriles is 1. The molecule has 0 aliphatic heterocycles. The molecule has 14 heavy (non-hydrogen) atoms. The molecule has 4 N–H and O–H groups in total. The van der Waals surface area contributed by atoms with Gasteiger partial charge in [0.25, 0.3) is 5.56 Å². The third-order valence-electron chi connectivity index (χ3n) is 1.53. The molecule has 6 heteroatoms. The topological polar surface area (TPSA) is 108 Å². The fourth-order valence-electron chi connectivity index (χ4n) is 0.966. The van der Waals surface area contributed by atoms with E-state index >= 15 is 0 Å². The average molecular weight is 191 g/mol. The van der Waals surface area contributed by atoms with Gasteiger partial charge < -0.3 is 11.1 Å². The Labute approximate surface area is 80.1 Å². The van der Waals surface area contributed by atoms with Crippen LogP contribution in [0.25, 0.3) is 6.08 Å². The quantitative estimate of drug-likeness (QED) is 0.567. The Balaban J connectivity index is 3.34. The molecule has 1 heterocycles. The van der Waals surface area contributed by atoms with Crippen LogP contribution < -0.4 is 16.6 Å². The van der Waals surface area contributed by atoms with E-state index in [0.717, 1.165) is 0 Å². The molecule has 0 radical (unpaired) electrons. The number of nitrogens with one attached hydrogen (secondary N) is 2. The molecule has 1 aromatic heterocycles. The van der Waals surface area contributed by atoms with E-state index < -0.39 is 0 Å². The van der Waals surface area contributed by atoms with Crippen molar-refractivity contribution in [2.75, 3.05) is 18.1 Å². The predicted molar refractivity (Wildman–Crippen MR) is 53.5 cm³/mol. The van der Waals surface area contributed by atoms with Crippen LogP contribution in [0.3, 0.4) is 0 Å². The van der Waals surface area contributed by atoms with Crippen molar-refractivity contribution in [3.8, 4) is 6.07 Å². The first kappa shape index (κ1) is 9.80. The normalized spacial score (nSPS) is 10.0. The molecule has 0 amide bonds. The summed E-state index contributed by atoms with van der Waals surface area (Å²) < 4.78 is 0. The van der Waals surface area contributed by atoms with Gasteiger partial charge in [0, 0.05) is 13.1 Å². The van der Waals surface area contributed by atoms with Crippen molar-refractivity contribution in [2.24, 2.45) is 0 Å². The molecule has 0 aliphatic carbocycles. The van der Waals surface area contributed by atoms with E-state index in [1.807, 2.05) is 0 Å². The minimum atomic E-state index is -0.381. The van der Waals surface area contributed by atoms with Crippen LogP contribution in [0.4, 0.5) is 11.8 Å². The molecule has 0 spiro atoms. The van der Waals surface area contributed by atoms with Gasteiger partial charge in [-0.2, -0.15) is 10.2 Å². The highest BCUT2D eigenvalue weighted by Gasteiger charge is 2.05. The summed E-state index contributed by atoms with van der Waals surface area (Å²) in [6.07, 6.45) is 2.57. The zero-order valence-corrected chi connectivity index (χ0v) is 7.53. The number of nitrogens with two attached hydrogens (primary N) is 1. The summed E-state index contributed by atoms with van der Waals surface area (Å²) >= 11 is 0. The van der Waals surface area contributed by atoms with E-state index in [1.54, 1.807) is 13.1 Å². The maximum Gasteiger partial charge on any atom is 0.261 e. The van der Waals surface area contributed by atoms with E-state index in [2.05, 4.69) is 15.3 Å². The summed E-state index contributed by atoms with van der Waals surface area (Å²) in [6, 6.07) is 1.79. The summed E-state index contributed by atoms with van der Waals surface area (Å²) in [7, 11) is 1.62. The number of hydrogen-bond acceptors (Lipinski definition) is 5. The third kappa shape index (κ3) is 1.90. The first-order chi connectivity index (χ1) is 6.69. The van der Waals surface area contributed by atoms with Gasteiger partial charge in [0.15, 0.2) is 0 Å². The first-order valence-corrected chi connectivity index (χ1v) is 3.82. The molecule has 0 fully saturated rings. The predicted octanol–water partition coefficient (Wildman–Crippen LogP) is -0.0694. The van der Waals surface area contributed by atoms with Crippen LogP contribution >= 0.6 is 0 Å². The van der Waals surface area contributed by atoms with E-state index in [4.69, 9.17) is 11.0 Å². The monoisotopic (exact) mass is 191 g/mol. The summed E-state index contributed by atoms with van der Waals surface area (Å²) in [5.41, 5.74) is 5.24. The Kier molecular flexibility index (Phi) is 2.86. The average Bonchev–Trinajstić information content (AvgIpc) is 2.15. The van der Waals surface area contributed by atoms with Gasteiger partial charge in [-0.15, -0.1) is 0 Å². The zero-order chi connectivity index (χ0) is 10.6. The molecule has 0 saturated heterocycles. The summed E-state index contributed by atoms with van der Waals surface area (Å²) in [6.45, 7) is 0.